The molecule has 0 saturated carbocycles. The molecule has 27 heavy (non-hydrogen) atoms. The molecule has 5 nitrogen and oxygen atoms in total. The van der Waals surface area contributed by atoms with Gasteiger partial charge in [-0.15, -0.1) is 0 Å². The summed E-state index contributed by atoms with van der Waals surface area (Å²) in [6.45, 7) is -0.0418. The van der Waals surface area contributed by atoms with Gasteiger partial charge in [0.2, 0.25) is 0 Å². The van der Waals surface area contributed by atoms with Crippen molar-refractivity contribution in [2.75, 3.05) is 11.9 Å². The molecule has 0 aliphatic heterocycles. The molecule has 0 bridgehead atoms. The van der Waals surface area contributed by atoms with Gasteiger partial charge in [0.25, 0.3) is 0 Å². The highest BCUT2D eigenvalue weighted by atomic mass is 32.2. The van der Waals surface area contributed by atoms with Gasteiger partial charge in [-0.05, 0) is 29.8 Å². The molecule has 0 aromatic heterocycles. The lowest BCUT2D eigenvalue weighted by Crippen LogP contribution is -2.34. The largest absolute Gasteiger partial charge is 0.336 e. The maximum absolute atomic E-state index is 13.1. The zero-order valence-electron chi connectivity index (χ0n) is 14.6. The molecule has 0 unspecified atom stereocenters. The lowest BCUT2D eigenvalue weighted by Gasteiger charge is -2.19. The van der Waals surface area contributed by atoms with Gasteiger partial charge in [-0.2, -0.15) is 0 Å². The summed E-state index contributed by atoms with van der Waals surface area (Å²) in [5, 5.41) is 4.49. The SMILES string of the molecule is O=C(NC[C@@H](c1ccccc1)S(=O)(=O)c1ccccc1)Nc1ccccc1. The molecule has 1 atom stereocenters. The molecule has 3 aromatic rings. The van der Waals surface area contributed by atoms with Crippen molar-refractivity contribution in [2.45, 2.75) is 10.1 Å². The first-order valence-electron chi connectivity index (χ1n) is 8.51. The summed E-state index contributed by atoms with van der Waals surface area (Å²) in [5.74, 6) is 0. The van der Waals surface area contributed by atoms with E-state index in [2.05, 4.69) is 10.6 Å². The van der Waals surface area contributed by atoms with Gasteiger partial charge in [0, 0.05) is 12.2 Å². The Morgan fingerprint density at radius 2 is 1.30 bits per heavy atom. The monoisotopic (exact) mass is 380 g/mol. The predicted octanol–water partition coefficient (Wildman–Crippen LogP) is 4.02. The van der Waals surface area contributed by atoms with E-state index < -0.39 is 21.1 Å². The van der Waals surface area contributed by atoms with Gasteiger partial charge in [0.1, 0.15) is 5.25 Å². The summed E-state index contributed by atoms with van der Waals surface area (Å²) in [7, 11) is -3.67. The molecule has 0 heterocycles. The van der Waals surface area contributed by atoms with Gasteiger partial charge < -0.3 is 10.6 Å². The van der Waals surface area contributed by atoms with Gasteiger partial charge in [-0.1, -0.05) is 66.7 Å². The van der Waals surface area contributed by atoms with Crippen molar-refractivity contribution in [1.82, 2.24) is 5.32 Å². The average molecular weight is 380 g/mol. The second-order valence-electron chi connectivity index (χ2n) is 5.96. The van der Waals surface area contributed by atoms with E-state index in [4.69, 9.17) is 0 Å². The van der Waals surface area contributed by atoms with E-state index in [0.717, 1.165) is 0 Å². The number of anilines is 1. The smallest absolute Gasteiger partial charge is 0.319 e. The molecule has 2 N–H and O–H groups in total. The molecular weight excluding hydrogens is 360 g/mol. The van der Waals surface area contributed by atoms with Gasteiger partial charge in [0.05, 0.1) is 4.90 Å². The topological polar surface area (TPSA) is 75.3 Å². The standard InChI is InChI=1S/C21H20N2O3S/c24-21(23-18-12-6-2-7-13-18)22-16-20(17-10-4-1-5-11-17)27(25,26)19-14-8-3-9-15-19/h1-15,20H,16H2,(H2,22,23,24)/t20-/m0/s1. The van der Waals surface area contributed by atoms with E-state index in [1.54, 1.807) is 66.7 Å². The highest BCUT2D eigenvalue weighted by Gasteiger charge is 2.29. The first-order valence-corrected chi connectivity index (χ1v) is 10.1. The van der Waals surface area contributed by atoms with E-state index in [1.165, 1.54) is 0 Å². The zero-order valence-corrected chi connectivity index (χ0v) is 15.4. The van der Waals surface area contributed by atoms with Gasteiger partial charge >= 0.3 is 6.03 Å². The minimum Gasteiger partial charge on any atom is -0.336 e. The lowest BCUT2D eigenvalue weighted by molar-refractivity contribution is 0.252. The number of para-hydroxylation sites is 1. The third-order valence-corrected chi connectivity index (χ3v) is 6.21. The summed E-state index contributed by atoms with van der Waals surface area (Å²) < 4.78 is 26.3. The quantitative estimate of drug-likeness (QED) is 0.678. The Hall–Kier alpha value is -3.12. The molecule has 3 aromatic carbocycles. The normalized spacial score (nSPS) is 12.1. The number of carbonyl (C=O) groups excluding carboxylic acids is 1. The van der Waals surface area contributed by atoms with Crippen LogP contribution >= 0.6 is 0 Å². The van der Waals surface area contributed by atoms with Crippen molar-refractivity contribution >= 4 is 21.6 Å². The van der Waals surface area contributed by atoms with Crippen LogP contribution in [0, 0.1) is 0 Å². The van der Waals surface area contributed by atoms with E-state index in [9.17, 15) is 13.2 Å². The Labute approximate surface area is 159 Å². The van der Waals surface area contributed by atoms with Crippen LogP contribution in [0.1, 0.15) is 10.8 Å². The van der Waals surface area contributed by atoms with Crippen LogP contribution in [0.2, 0.25) is 0 Å². The van der Waals surface area contributed by atoms with Crippen molar-refractivity contribution in [3.8, 4) is 0 Å². The second kappa shape index (κ2) is 8.51. The highest BCUT2D eigenvalue weighted by Crippen LogP contribution is 2.28. The van der Waals surface area contributed by atoms with Crippen molar-refractivity contribution in [3.05, 3.63) is 96.6 Å². The summed E-state index contributed by atoms with van der Waals surface area (Å²) in [6, 6.07) is 25.7. The van der Waals surface area contributed by atoms with E-state index in [0.29, 0.717) is 11.3 Å². The number of hydrogen-bond donors (Lipinski definition) is 2. The van der Waals surface area contributed by atoms with Crippen LogP contribution in [0.3, 0.4) is 0 Å². The summed E-state index contributed by atoms with van der Waals surface area (Å²) in [4.78, 5) is 12.4. The van der Waals surface area contributed by atoms with Crippen LogP contribution in [0.4, 0.5) is 10.5 Å². The fourth-order valence-electron chi connectivity index (χ4n) is 2.73. The molecule has 2 amide bonds. The first-order chi connectivity index (χ1) is 13.1. The second-order valence-corrected chi connectivity index (χ2v) is 8.09. The molecule has 0 aliphatic carbocycles. The number of sulfone groups is 1. The van der Waals surface area contributed by atoms with Gasteiger partial charge in [-0.25, -0.2) is 13.2 Å². The fraction of sp³-hybridized carbons (Fsp3) is 0.0952. The molecule has 6 heteroatoms. The average Bonchev–Trinajstić information content (AvgIpc) is 2.70. The summed E-state index contributed by atoms with van der Waals surface area (Å²) >= 11 is 0. The Morgan fingerprint density at radius 1 is 0.778 bits per heavy atom. The van der Waals surface area contributed by atoms with E-state index in [-0.39, 0.29) is 11.4 Å². The Balaban J connectivity index is 1.80. The van der Waals surface area contributed by atoms with Crippen molar-refractivity contribution in [3.63, 3.8) is 0 Å². The van der Waals surface area contributed by atoms with Gasteiger partial charge in [0.15, 0.2) is 9.84 Å². The maximum atomic E-state index is 13.1. The summed E-state index contributed by atoms with van der Waals surface area (Å²) in [5.41, 5.74) is 1.26. The third kappa shape index (κ3) is 4.74. The molecule has 0 aliphatic rings. The number of hydrogen-bond acceptors (Lipinski definition) is 3. The van der Waals surface area contributed by atoms with Crippen LogP contribution in [-0.2, 0) is 9.84 Å². The number of urea groups is 1. The first kappa shape index (κ1) is 18.7. The Kier molecular flexibility index (Phi) is 5.88. The fourth-order valence-corrected chi connectivity index (χ4v) is 4.41. The van der Waals surface area contributed by atoms with Crippen molar-refractivity contribution < 1.29 is 13.2 Å². The molecule has 0 saturated heterocycles. The van der Waals surface area contributed by atoms with Crippen molar-refractivity contribution in [2.24, 2.45) is 0 Å². The number of benzene rings is 3. The van der Waals surface area contributed by atoms with Gasteiger partial charge in [-0.3, -0.25) is 0 Å². The van der Waals surface area contributed by atoms with E-state index in [1.807, 2.05) is 24.3 Å². The number of nitrogens with one attached hydrogen (secondary N) is 2. The summed E-state index contributed by atoms with van der Waals surface area (Å²) in [6.07, 6.45) is 0. The zero-order chi connectivity index (χ0) is 19.1. The Bertz CT molecular complexity index is 976. The molecular formula is C21H20N2O3S. The lowest BCUT2D eigenvalue weighted by atomic mass is 10.1. The maximum Gasteiger partial charge on any atom is 0.319 e. The minimum absolute atomic E-state index is 0.0418. The predicted molar refractivity (Wildman–Crippen MR) is 106 cm³/mol. The molecule has 0 spiro atoms. The van der Waals surface area contributed by atoms with Crippen molar-refractivity contribution in [1.29, 1.82) is 0 Å². The van der Waals surface area contributed by atoms with Crippen LogP contribution in [-0.4, -0.2) is 21.0 Å². The minimum atomic E-state index is -3.67. The van der Waals surface area contributed by atoms with Crippen LogP contribution < -0.4 is 10.6 Å². The molecule has 0 radical (unpaired) electrons. The number of amides is 2. The molecule has 138 valence electrons. The van der Waals surface area contributed by atoms with E-state index >= 15 is 0 Å². The Morgan fingerprint density at radius 3 is 1.89 bits per heavy atom. The molecule has 0 fully saturated rings. The van der Waals surface area contributed by atoms with Crippen LogP contribution in [0.15, 0.2) is 95.9 Å². The molecule has 3 rings (SSSR count). The van der Waals surface area contributed by atoms with Crippen LogP contribution in [0.5, 0.6) is 0 Å². The highest BCUT2D eigenvalue weighted by molar-refractivity contribution is 7.91. The third-order valence-electron chi connectivity index (χ3n) is 4.10. The number of carbonyl (C=O) groups is 1. The van der Waals surface area contributed by atoms with Crippen LogP contribution in [0.25, 0.3) is 0 Å². The number of rotatable bonds is 6.